The van der Waals surface area contributed by atoms with Crippen LogP contribution in [0.3, 0.4) is 0 Å². The Hall–Kier alpha value is -0.150. The average Bonchev–Trinajstić information content (AvgIpc) is 2.44. The van der Waals surface area contributed by atoms with E-state index in [-0.39, 0.29) is 0 Å². The standard InChI is InChI=1S/C12H24N2S/c1-14(10-6-9-12(13)15)11-7-4-2-3-5-8-11/h11H,2-10H2,1H3,(H2,13,15). The highest BCUT2D eigenvalue weighted by molar-refractivity contribution is 7.80. The Morgan fingerprint density at radius 1 is 1.27 bits per heavy atom. The van der Waals surface area contributed by atoms with Gasteiger partial charge in [0.2, 0.25) is 0 Å². The molecule has 0 aliphatic heterocycles. The van der Waals surface area contributed by atoms with Gasteiger partial charge in [-0.2, -0.15) is 0 Å². The number of hydrogen-bond donors (Lipinski definition) is 1. The van der Waals surface area contributed by atoms with E-state index in [1.54, 1.807) is 0 Å². The van der Waals surface area contributed by atoms with E-state index in [0.717, 1.165) is 25.4 Å². The van der Waals surface area contributed by atoms with E-state index >= 15 is 0 Å². The highest BCUT2D eigenvalue weighted by Gasteiger charge is 2.16. The molecule has 2 N–H and O–H groups in total. The Bertz CT molecular complexity index is 186. The van der Waals surface area contributed by atoms with Crippen molar-refractivity contribution in [1.82, 2.24) is 4.90 Å². The van der Waals surface area contributed by atoms with Gasteiger partial charge in [0.05, 0.1) is 4.99 Å². The van der Waals surface area contributed by atoms with Crippen LogP contribution >= 0.6 is 12.2 Å². The van der Waals surface area contributed by atoms with Crippen LogP contribution in [0.5, 0.6) is 0 Å². The Balaban J connectivity index is 2.19. The molecule has 1 aliphatic carbocycles. The molecule has 0 saturated heterocycles. The van der Waals surface area contributed by atoms with Gasteiger partial charge in [-0.25, -0.2) is 0 Å². The molecule has 0 spiro atoms. The molecule has 0 aromatic rings. The molecule has 0 bridgehead atoms. The minimum Gasteiger partial charge on any atom is -0.393 e. The second kappa shape index (κ2) is 7.18. The molecule has 0 atom stereocenters. The fraction of sp³-hybridized carbons (Fsp3) is 0.917. The van der Waals surface area contributed by atoms with Crippen LogP contribution in [0.4, 0.5) is 0 Å². The molecule has 0 radical (unpaired) electrons. The lowest BCUT2D eigenvalue weighted by Crippen LogP contribution is -2.32. The smallest absolute Gasteiger partial charge is 0.0727 e. The Morgan fingerprint density at radius 3 is 2.40 bits per heavy atom. The van der Waals surface area contributed by atoms with Gasteiger partial charge in [0.1, 0.15) is 0 Å². The van der Waals surface area contributed by atoms with Crippen LogP contribution in [0.2, 0.25) is 0 Å². The van der Waals surface area contributed by atoms with Crippen molar-refractivity contribution in [3.05, 3.63) is 0 Å². The van der Waals surface area contributed by atoms with Gasteiger partial charge in [0.25, 0.3) is 0 Å². The maximum atomic E-state index is 5.50. The lowest BCUT2D eigenvalue weighted by Gasteiger charge is -2.26. The Labute approximate surface area is 99.2 Å². The van der Waals surface area contributed by atoms with Crippen molar-refractivity contribution in [2.24, 2.45) is 5.73 Å². The third kappa shape index (κ3) is 5.47. The predicted molar refractivity (Wildman–Crippen MR) is 70.1 cm³/mol. The first-order valence-electron chi connectivity index (χ1n) is 6.18. The number of hydrogen-bond acceptors (Lipinski definition) is 2. The van der Waals surface area contributed by atoms with Gasteiger partial charge in [0, 0.05) is 6.04 Å². The highest BCUT2D eigenvalue weighted by Crippen LogP contribution is 2.21. The van der Waals surface area contributed by atoms with Crippen LogP contribution in [0, 0.1) is 0 Å². The van der Waals surface area contributed by atoms with Gasteiger partial charge >= 0.3 is 0 Å². The van der Waals surface area contributed by atoms with Crippen LogP contribution < -0.4 is 5.73 Å². The van der Waals surface area contributed by atoms with Gasteiger partial charge in [-0.1, -0.05) is 37.9 Å². The van der Waals surface area contributed by atoms with E-state index in [2.05, 4.69) is 11.9 Å². The maximum Gasteiger partial charge on any atom is 0.0727 e. The van der Waals surface area contributed by atoms with Crippen molar-refractivity contribution in [3.8, 4) is 0 Å². The maximum absolute atomic E-state index is 5.50. The van der Waals surface area contributed by atoms with Crippen LogP contribution in [0.25, 0.3) is 0 Å². The molecule has 0 heterocycles. The summed E-state index contributed by atoms with van der Waals surface area (Å²) in [5, 5.41) is 0. The topological polar surface area (TPSA) is 29.3 Å². The first-order chi connectivity index (χ1) is 7.20. The molecule has 3 heteroatoms. The fourth-order valence-corrected chi connectivity index (χ4v) is 2.53. The van der Waals surface area contributed by atoms with Crippen molar-refractivity contribution in [2.45, 2.75) is 57.4 Å². The van der Waals surface area contributed by atoms with Gasteiger partial charge in [-0.3, -0.25) is 0 Å². The summed E-state index contributed by atoms with van der Waals surface area (Å²) < 4.78 is 0. The molecule has 0 unspecified atom stereocenters. The zero-order valence-electron chi connectivity index (χ0n) is 9.87. The molecule has 2 nitrogen and oxygen atoms in total. The zero-order valence-corrected chi connectivity index (χ0v) is 10.7. The average molecular weight is 228 g/mol. The molecular weight excluding hydrogens is 204 g/mol. The molecule has 0 aromatic carbocycles. The van der Waals surface area contributed by atoms with Gasteiger partial charge in [-0.15, -0.1) is 0 Å². The summed E-state index contributed by atoms with van der Waals surface area (Å²) in [5.41, 5.74) is 5.50. The van der Waals surface area contributed by atoms with Crippen molar-refractivity contribution in [2.75, 3.05) is 13.6 Å². The fourth-order valence-electron chi connectivity index (χ4n) is 2.38. The van der Waals surface area contributed by atoms with Crippen molar-refractivity contribution in [3.63, 3.8) is 0 Å². The molecule has 1 fully saturated rings. The normalized spacial score (nSPS) is 19.1. The number of nitrogens with two attached hydrogens (primary N) is 1. The van der Waals surface area contributed by atoms with Gasteiger partial charge in [-0.05, 0) is 39.3 Å². The quantitative estimate of drug-likeness (QED) is 0.579. The van der Waals surface area contributed by atoms with Crippen molar-refractivity contribution < 1.29 is 0 Å². The van der Waals surface area contributed by atoms with E-state index in [1.165, 1.54) is 38.5 Å². The molecule has 0 aromatic heterocycles. The molecule has 1 saturated carbocycles. The predicted octanol–water partition coefficient (Wildman–Crippen LogP) is 2.71. The van der Waals surface area contributed by atoms with Crippen LogP contribution in [-0.4, -0.2) is 29.5 Å². The van der Waals surface area contributed by atoms with E-state index in [4.69, 9.17) is 18.0 Å². The van der Waals surface area contributed by atoms with E-state index in [0.29, 0.717) is 4.99 Å². The van der Waals surface area contributed by atoms with Gasteiger partial charge < -0.3 is 10.6 Å². The lowest BCUT2D eigenvalue weighted by molar-refractivity contribution is 0.220. The minimum absolute atomic E-state index is 0.657. The number of thiocarbonyl (C=S) groups is 1. The summed E-state index contributed by atoms with van der Waals surface area (Å²) >= 11 is 4.88. The lowest BCUT2D eigenvalue weighted by atomic mass is 10.1. The molecule has 1 rings (SSSR count). The van der Waals surface area contributed by atoms with Crippen LogP contribution in [-0.2, 0) is 0 Å². The molecule has 1 aliphatic rings. The van der Waals surface area contributed by atoms with E-state index in [9.17, 15) is 0 Å². The molecule has 0 amide bonds. The Morgan fingerprint density at radius 2 is 1.87 bits per heavy atom. The van der Waals surface area contributed by atoms with E-state index < -0.39 is 0 Å². The SMILES string of the molecule is CN(CCCC(N)=S)C1CCCCCC1. The molecular formula is C12H24N2S. The van der Waals surface area contributed by atoms with Crippen LogP contribution in [0.1, 0.15) is 51.4 Å². The number of rotatable bonds is 5. The van der Waals surface area contributed by atoms with Crippen LogP contribution in [0.15, 0.2) is 0 Å². The summed E-state index contributed by atoms with van der Waals surface area (Å²) in [4.78, 5) is 3.16. The molecule has 15 heavy (non-hydrogen) atoms. The second-order valence-corrected chi connectivity index (χ2v) is 5.22. The summed E-state index contributed by atoms with van der Waals surface area (Å²) in [6.07, 6.45) is 10.4. The zero-order chi connectivity index (χ0) is 11.1. The summed E-state index contributed by atoms with van der Waals surface area (Å²) in [6, 6.07) is 0.804. The first-order valence-corrected chi connectivity index (χ1v) is 6.59. The highest BCUT2D eigenvalue weighted by atomic mass is 32.1. The number of nitrogens with zero attached hydrogens (tertiary/aromatic N) is 1. The largest absolute Gasteiger partial charge is 0.393 e. The van der Waals surface area contributed by atoms with Crippen molar-refractivity contribution >= 4 is 17.2 Å². The third-order valence-electron chi connectivity index (χ3n) is 3.38. The van der Waals surface area contributed by atoms with Gasteiger partial charge in [0.15, 0.2) is 0 Å². The minimum atomic E-state index is 0.657. The summed E-state index contributed by atoms with van der Waals surface area (Å²) in [7, 11) is 2.25. The molecule has 88 valence electrons. The van der Waals surface area contributed by atoms with E-state index in [1.807, 2.05) is 0 Å². The third-order valence-corrected chi connectivity index (χ3v) is 3.59. The second-order valence-electron chi connectivity index (χ2n) is 4.70. The summed E-state index contributed by atoms with van der Waals surface area (Å²) in [6.45, 7) is 1.14. The monoisotopic (exact) mass is 228 g/mol. The summed E-state index contributed by atoms with van der Waals surface area (Å²) in [5.74, 6) is 0. The Kier molecular flexibility index (Phi) is 6.18. The van der Waals surface area contributed by atoms with Crippen molar-refractivity contribution in [1.29, 1.82) is 0 Å². The first kappa shape index (κ1) is 12.9.